The van der Waals surface area contributed by atoms with E-state index in [1.807, 2.05) is 7.05 Å². The molecule has 1 saturated carbocycles. The van der Waals surface area contributed by atoms with Crippen LogP contribution in [-0.2, 0) is 0 Å². The summed E-state index contributed by atoms with van der Waals surface area (Å²) < 4.78 is 6.01. The van der Waals surface area contributed by atoms with Crippen molar-refractivity contribution in [1.29, 1.82) is 0 Å². The van der Waals surface area contributed by atoms with Gasteiger partial charge >= 0.3 is 0 Å². The predicted octanol–water partition coefficient (Wildman–Crippen LogP) is 4.11. The summed E-state index contributed by atoms with van der Waals surface area (Å²) in [5.41, 5.74) is 1.44. The van der Waals surface area contributed by atoms with E-state index in [-0.39, 0.29) is 0 Å². The predicted molar refractivity (Wildman–Crippen MR) is 80.9 cm³/mol. The first-order valence-corrected chi connectivity index (χ1v) is 7.78. The van der Waals surface area contributed by atoms with Gasteiger partial charge < -0.3 is 10.1 Å². The average Bonchev–Trinajstić information content (AvgIpc) is 2.48. The molecule has 2 nitrogen and oxygen atoms in total. The zero-order chi connectivity index (χ0) is 13.3. The largest absolute Gasteiger partial charge is 0.493 e. The SMILES string of the molecule is CNCCCCOc1ccccc1C1CCCCC1. The van der Waals surface area contributed by atoms with E-state index in [4.69, 9.17) is 4.74 Å². The molecule has 0 unspecified atom stereocenters. The maximum atomic E-state index is 6.01. The molecule has 0 amide bonds. The first-order chi connectivity index (χ1) is 9.42. The second kappa shape index (κ2) is 8.21. The molecule has 1 fully saturated rings. The van der Waals surface area contributed by atoms with Crippen molar-refractivity contribution in [2.45, 2.75) is 50.9 Å². The number of ether oxygens (including phenoxy) is 1. The summed E-state index contributed by atoms with van der Waals surface area (Å²) in [7, 11) is 2.00. The summed E-state index contributed by atoms with van der Waals surface area (Å²) in [6, 6.07) is 8.65. The smallest absolute Gasteiger partial charge is 0.122 e. The fourth-order valence-corrected chi connectivity index (χ4v) is 2.95. The molecule has 0 saturated heterocycles. The van der Waals surface area contributed by atoms with Gasteiger partial charge in [0, 0.05) is 0 Å². The van der Waals surface area contributed by atoms with E-state index in [1.165, 1.54) is 44.1 Å². The molecule has 1 aliphatic rings. The number of hydrogen-bond acceptors (Lipinski definition) is 2. The zero-order valence-electron chi connectivity index (χ0n) is 12.2. The van der Waals surface area contributed by atoms with Crippen LogP contribution in [-0.4, -0.2) is 20.2 Å². The van der Waals surface area contributed by atoms with Crippen LogP contribution in [0.5, 0.6) is 5.75 Å². The van der Waals surface area contributed by atoms with Gasteiger partial charge in [-0.3, -0.25) is 0 Å². The number of rotatable bonds is 7. The van der Waals surface area contributed by atoms with E-state index < -0.39 is 0 Å². The summed E-state index contributed by atoms with van der Waals surface area (Å²) in [6.07, 6.45) is 9.13. The third-order valence-corrected chi connectivity index (χ3v) is 4.04. The van der Waals surface area contributed by atoms with Gasteiger partial charge in [-0.25, -0.2) is 0 Å². The quantitative estimate of drug-likeness (QED) is 0.746. The molecule has 0 aromatic heterocycles. The lowest BCUT2D eigenvalue weighted by Gasteiger charge is -2.24. The van der Waals surface area contributed by atoms with E-state index in [0.717, 1.165) is 31.2 Å². The topological polar surface area (TPSA) is 21.3 Å². The third kappa shape index (κ3) is 4.54. The molecule has 0 aliphatic heterocycles. The number of para-hydroxylation sites is 1. The van der Waals surface area contributed by atoms with Gasteiger partial charge in [0.15, 0.2) is 0 Å². The summed E-state index contributed by atoms with van der Waals surface area (Å²) in [5.74, 6) is 1.85. The van der Waals surface area contributed by atoms with Gasteiger partial charge in [0.2, 0.25) is 0 Å². The van der Waals surface area contributed by atoms with Crippen molar-refractivity contribution in [3.8, 4) is 5.75 Å². The molecular weight excluding hydrogens is 234 g/mol. The molecule has 106 valence electrons. The lowest BCUT2D eigenvalue weighted by atomic mass is 9.84. The first kappa shape index (κ1) is 14.4. The molecule has 1 aromatic rings. The summed E-state index contributed by atoms with van der Waals surface area (Å²) in [6.45, 7) is 1.92. The van der Waals surface area contributed by atoms with Crippen LogP contribution in [0.25, 0.3) is 0 Å². The van der Waals surface area contributed by atoms with Crippen molar-refractivity contribution in [2.24, 2.45) is 0 Å². The number of unbranched alkanes of at least 4 members (excludes halogenated alkanes) is 1. The van der Waals surface area contributed by atoms with Crippen LogP contribution < -0.4 is 10.1 Å². The highest BCUT2D eigenvalue weighted by Gasteiger charge is 2.18. The van der Waals surface area contributed by atoms with Gasteiger partial charge in [-0.2, -0.15) is 0 Å². The van der Waals surface area contributed by atoms with Crippen LogP contribution in [0.4, 0.5) is 0 Å². The number of nitrogens with one attached hydrogen (secondary N) is 1. The Kier molecular flexibility index (Phi) is 6.22. The number of benzene rings is 1. The molecule has 1 N–H and O–H groups in total. The molecule has 19 heavy (non-hydrogen) atoms. The lowest BCUT2D eigenvalue weighted by molar-refractivity contribution is 0.298. The molecule has 0 bridgehead atoms. The molecule has 0 radical (unpaired) electrons. The van der Waals surface area contributed by atoms with Crippen molar-refractivity contribution < 1.29 is 4.74 Å². The first-order valence-electron chi connectivity index (χ1n) is 7.78. The van der Waals surface area contributed by atoms with E-state index >= 15 is 0 Å². The van der Waals surface area contributed by atoms with Crippen LogP contribution in [0.15, 0.2) is 24.3 Å². The van der Waals surface area contributed by atoms with E-state index in [9.17, 15) is 0 Å². The highest BCUT2D eigenvalue weighted by molar-refractivity contribution is 5.36. The highest BCUT2D eigenvalue weighted by atomic mass is 16.5. The third-order valence-electron chi connectivity index (χ3n) is 4.04. The molecular formula is C17H27NO. The van der Waals surface area contributed by atoms with Crippen LogP contribution in [0.2, 0.25) is 0 Å². The normalized spacial score (nSPS) is 16.5. The molecule has 0 spiro atoms. The molecule has 0 heterocycles. The Morgan fingerprint density at radius 1 is 1.11 bits per heavy atom. The Labute approximate surface area is 117 Å². The van der Waals surface area contributed by atoms with Crippen molar-refractivity contribution in [3.05, 3.63) is 29.8 Å². The molecule has 2 heteroatoms. The van der Waals surface area contributed by atoms with Gasteiger partial charge in [-0.05, 0) is 56.8 Å². The Morgan fingerprint density at radius 2 is 1.89 bits per heavy atom. The van der Waals surface area contributed by atoms with Crippen LogP contribution in [0.1, 0.15) is 56.4 Å². The summed E-state index contributed by atoms with van der Waals surface area (Å²) in [5, 5.41) is 3.17. The van der Waals surface area contributed by atoms with Crippen molar-refractivity contribution in [2.75, 3.05) is 20.2 Å². The van der Waals surface area contributed by atoms with Crippen LogP contribution in [0.3, 0.4) is 0 Å². The Hall–Kier alpha value is -1.02. The minimum absolute atomic E-state index is 0.724. The highest BCUT2D eigenvalue weighted by Crippen LogP contribution is 2.37. The van der Waals surface area contributed by atoms with Crippen LogP contribution >= 0.6 is 0 Å². The van der Waals surface area contributed by atoms with Gasteiger partial charge in [-0.1, -0.05) is 37.5 Å². The zero-order valence-corrected chi connectivity index (χ0v) is 12.2. The maximum Gasteiger partial charge on any atom is 0.122 e. The Bertz CT molecular complexity index is 358. The van der Waals surface area contributed by atoms with E-state index in [0.29, 0.717) is 0 Å². The Balaban J connectivity index is 1.88. The minimum Gasteiger partial charge on any atom is -0.493 e. The molecule has 1 aromatic carbocycles. The van der Waals surface area contributed by atoms with E-state index in [2.05, 4.69) is 29.6 Å². The van der Waals surface area contributed by atoms with Gasteiger partial charge in [0.25, 0.3) is 0 Å². The van der Waals surface area contributed by atoms with E-state index in [1.54, 1.807) is 0 Å². The monoisotopic (exact) mass is 261 g/mol. The van der Waals surface area contributed by atoms with Crippen molar-refractivity contribution >= 4 is 0 Å². The molecule has 0 atom stereocenters. The lowest BCUT2D eigenvalue weighted by Crippen LogP contribution is -2.10. The molecule has 2 rings (SSSR count). The van der Waals surface area contributed by atoms with Gasteiger partial charge in [-0.15, -0.1) is 0 Å². The van der Waals surface area contributed by atoms with Crippen molar-refractivity contribution in [3.63, 3.8) is 0 Å². The average molecular weight is 261 g/mol. The second-order valence-electron chi connectivity index (χ2n) is 5.53. The summed E-state index contributed by atoms with van der Waals surface area (Å²) >= 11 is 0. The van der Waals surface area contributed by atoms with Crippen molar-refractivity contribution in [1.82, 2.24) is 5.32 Å². The fourth-order valence-electron chi connectivity index (χ4n) is 2.95. The van der Waals surface area contributed by atoms with Crippen LogP contribution in [0, 0.1) is 0 Å². The fraction of sp³-hybridized carbons (Fsp3) is 0.647. The standard InChI is InChI=1S/C17H27NO/c1-18-13-7-8-14-19-17-12-6-5-11-16(17)15-9-3-2-4-10-15/h5-6,11-12,15,18H,2-4,7-10,13-14H2,1H3. The number of hydrogen-bond donors (Lipinski definition) is 1. The summed E-state index contributed by atoms with van der Waals surface area (Å²) in [4.78, 5) is 0. The minimum atomic E-state index is 0.724. The second-order valence-corrected chi connectivity index (χ2v) is 5.53. The molecule has 1 aliphatic carbocycles. The maximum absolute atomic E-state index is 6.01. The van der Waals surface area contributed by atoms with Gasteiger partial charge in [0.05, 0.1) is 6.61 Å². The Morgan fingerprint density at radius 3 is 2.68 bits per heavy atom. The van der Waals surface area contributed by atoms with Gasteiger partial charge in [0.1, 0.15) is 5.75 Å².